The van der Waals surface area contributed by atoms with Crippen molar-refractivity contribution in [1.82, 2.24) is 10.2 Å². The van der Waals surface area contributed by atoms with Crippen LogP contribution in [0.25, 0.3) is 0 Å². The molecule has 1 saturated heterocycles. The highest BCUT2D eigenvalue weighted by Crippen LogP contribution is 2.37. The molecule has 3 rings (SSSR count). The Hall–Kier alpha value is -0.870. The fourth-order valence-electron chi connectivity index (χ4n) is 3.44. The van der Waals surface area contributed by atoms with E-state index in [4.69, 9.17) is 0 Å². The molecule has 0 aromatic heterocycles. The van der Waals surface area contributed by atoms with Gasteiger partial charge >= 0.3 is 0 Å². The van der Waals surface area contributed by atoms with E-state index in [1.807, 2.05) is 4.90 Å². The molecular weight excluding hydrogens is 328 g/mol. The summed E-state index contributed by atoms with van der Waals surface area (Å²) >= 11 is 3.48. The van der Waals surface area contributed by atoms with Crippen molar-refractivity contribution >= 4 is 21.8 Å². The van der Waals surface area contributed by atoms with E-state index in [0.717, 1.165) is 30.4 Å². The summed E-state index contributed by atoms with van der Waals surface area (Å²) in [6, 6.07) is 9.68. The third-order valence-electron chi connectivity index (χ3n) is 4.67. The van der Waals surface area contributed by atoms with Crippen molar-refractivity contribution in [3.05, 3.63) is 34.3 Å². The van der Waals surface area contributed by atoms with E-state index in [9.17, 15) is 4.79 Å². The van der Waals surface area contributed by atoms with Crippen LogP contribution in [0.2, 0.25) is 0 Å². The van der Waals surface area contributed by atoms with E-state index in [2.05, 4.69) is 52.4 Å². The average molecular weight is 351 g/mol. The highest BCUT2D eigenvalue weighted by atomic mass is 79.9. The molecule has 1 amide bonds. The van der Waals surface area contributed by atoms with Gasteiger partial charge < -0.3 is 10.2 Å². The summed E-state index contributed by atoms with van der Waals surface area (Å²) in [6.07, 6.45) is 4.18. The molecule has 1 heterocycles. The van der Waals surface area contributed by atoms with Crippen LogP contribution in [0.15, 0.2) is 28.7 Å². The van der Waals surface area contributed by atoms with Gasteiger partial charge in [0.25, 0.3) is 0 Å². The van der Waals surface area contributed by atoms with Gasteiger partial charge in [0.15, 0.2) is 0 Å². The predicted octanol–water partition coefficient (Wildman–Crippen LogP) is 3.30. The molecule has 1 saturated carbocycles. The minimum Gasteiger partial charge on any atom is -0.341 e. The van der Waals surface area contributed by atoms with Crippen molar-refractivity contribution in [3.63, 3.8) is 0 Å². The summed E-state index contributed by atoms with van der Waals surface area (Å²) < 4.78 is 1.14. The molecule has 1 aliphatic heterocycles. The molecule has 21 heavy (non-hydrogen) atoms. The lowest BCUT2D eigenvalue weighted by Gasteiger charge is -2.38. The Kier molecular flexibility index (Phi) is 4.65. The Bertz CT molecular complexity index is 496. The maximum Gasteiger partial charge on any atom is 0.222 e. The minimum absolute atomic E-state index is 0.324. The molecule has 3 nitrogen and oxygen atoms in total. The SMILES string of the molecule is CC(CN1CCCC1=O)NC1CC(c2ccc(Br)cc2)C1. The Labute approximate surface area is 135 Å². The number of nitrogens with zero attached hydrogens (tertiary/aromatic N) is 1. The van der Waals surface area contributed by atoms with Crippen molar-refractivity contribution in [3.8, 4) is 0 Å². The van der Waals surface area contributed by atoms with Gasteiger partial charge in [-0.15, -0.1) is 0 Å². The maximum atomic E-state index is 11.6. The zero-order valence-electron chi connectivity index (χ0n) is 12.5. The molecule has 0 radical (unpaired) electrons. The second kappa shape index (κ2) is 6.49. The number of amides is 1. The molecule has 2 fully saturated rings. The Morgan fingerprint density at radius 3 is 2.67 bits per heavy atom. The normalized spacial score (nSPS) is 26.8. The number of hydrogen-bond acceptors (Lipinski definition) is 2. The molecule has 114 valence electrons. The van der Waals surface area contributed by atoms with E-state index in [0.29, 0.717) is 23.9 Å². The first-order valence-electron chi connectivity index (χ1n) is 7.91. The number of nitrogens with one attached hydrogen (secondary N) is 1. The molecule has 1 aromatic rings. The molecule has 4 heteroatoms. The highest BCUT2D eigenvalue weighted by Gasteiger charge is 2.31. The molecule has 0 bridgehead atoms. The van der Waals surface area contributed by atoms with Gasteiger partial charge in [0.05, 0.1) is 0 Å². The first kappa shape index (κ1) is 15.0. The van der Waals surface area contributed by atoms with Gasteiger partial charge in [-0.1, -0.05) is 28.1 Å². The van der Waals surface area contributed by atoms with Crippen LogP contribution in [0.3, 0.4) is 0 Å². The van der Waals surface area contributed by atoms with Gasteiger partial charge in [0.1, 0.15) is 0 Å². The number of carbonyl (C=O) groups is 1. The quantitative estimate of drug-likeness (QED) is 0.883. The molecule has 1 N–H and O–H groups in total. The summed E-state index contributed by atoms with van der Waals surface area (Å²) in [4.78, 5) is 13.6. The zero-order chi connectivity index (χ0) is 14.8. The molecule has 1 atom stereocenters. The molecule has 1 unspecified atom stereocenters. The van der Waals surface area contributed by atoms with Crippen LogP contribution < -0.4 is 5.32 Å². The summed E-state index contributed by atoms with van der Waals surface area (Å²) in [5.74, 6) is 1.02. The Balaban J connectivity index is 1.42. The number of benzene rings is 1. The van der Waals surface area contributed by atoms with Crippen molar-refractivity contribution in [2.24, 2.45) is 0 Å². The van der Waals surface area contributed by atoms with E-state index in [-0.39, 0.29) is 0 Å². The van der Waals surface area contributed by atoms with Crippen LogP contribution in [0.1, 0.15) is 44.1 Å². The maximum absolute atomic E-state index is 11.6. The second-order valence-electron chi connectivity index (χ2n) is 6.43. The first-order valence-corrected chi connectivity index (χ1v) is 8.70. The number of hydrogen-bond donors (Lipinski definition) is 1. The van der Waals surface area contributed by atoms with Gasteiger partial charge in [-0.2, -0.15) is 0 Å². The largest absolute Gasteiger partial charge is 0.341 e. The lowest BCUT2D eigenvalue weighted by molar-refractivity contribution is -0.128. The van der Waals surface area contributed by atoms with Crippen molar-refractivity contribution < 1.29 is 4.79 Å². The average Bonchev–Trinajstić information content (AvgIpc) is 2.80. The van der Waals surface area contributed by atoms with E-state index in [1.54, 1.807) is 0 Å². The fourth-order valence-corrected chi connectivity index (χ4v) is 3.71. The molecule has 0 spiro atoms. The summed E-state index contributed by atoms with van der Waals surface area (Å²) in [7, 11) is 0. The first-order chi connectivity index (χ1) is 10.1. The van der Waals surface area contributed by atoms with Crippen LogP contribution >= 0.6 is 15.9 Å². The van der Waals surface area contributed by atoms with Gasteiger partial charge in [-0.25, -0.2) is 0 Å². The van der Waals surface area contributed by atoms with Crippen molar-refractivity contribution in [1.29, 1.82) is 0 Å². The van der Waals surface area contributed by atoms with E-state index < -0.39 is 0 Å². The Morgan fingerprint density at radius 2 is 2.05 bits per heavy atom. The van der Waals surface area contributed by atoms with Gasteiger partial charge in [-0.3, -0.25) is 4.79 Å². The second-order valence-corrected chi connectivity index (χ2v) is 7.34. The van der Waals surface area contributed by atoms with Crippen molar-refractivity contribution in [2.75, 3.05) is 13.1 Å². The minimum atomic E-state index is 0.324. The number of likely N-dealkylation sites (tertiary alicyclic amines) is 1. The summed E-state index contributed by atoms with van der Waals surface area (Å²) in [5, 5.41) is 3.67. The lowest BCUT2D eigenvalue weighted by Crippen LogP contribution is -2.48. The van der Waals surface area contributed by atoms with Crippen LogP contribution in [0.5, 0.6) is 0 Å². The van der Waals surface area contributed by atoms with E-state index in [1.165, 1.54) is 18.4 Å². The van der Waals surface area contributed by atoms with Crippen LogP contribution in [0, 0.1) is 0 Å². The van der Waals surface area contributed by atoms with Crippen LogP contribution in [-0.2, 0) is 4.79 Å². The van der Waals surface area contributed by atoms with Crippen LogP contribution in [0.4, 0.5) is 0 Å². The van der Waals surface area contributed by atoms with Gasteiger partial charge in [0, 0.05) is 36.1 Å². The van der Waals surface area contributed by atoms with Crippen molar-refractivity contribution in [2.45, 2.75) is 50.6 Å². The topological polar surface area (TPSA) is 32.3 Å². The summed E-state index contributed by atoms with van der Waals surface area (Å²) in [5.41, 5.74) is 1.44. The summed E-state index contributed by atoms with van der Waals surface area (Å²) in [6.45, 7) is 3.99. The lowest BCUT2D eigenvalue weighted by atomic mass is 9.75. The molecule has 2 aliphatic rings. The monoisotopic (exact) mass is 350 g/mol. The number of carbonyl (C=O) groups excluding carboxylic acids is 1. The number of rotatable bonds is 5. The molecular formula is C17H23BrN2O. The zero-order valence-corrected chi connectivity index (χ0v) is 14.1. The fraction of sp³-hybridized carbons (Fsp3) is 0.588. The Morgan fingerprint density at radius 1 is 1.33 bits per heavy atom. The highest BCUT2D eigenvalue weighted by molar-refractivity contribution is 9.10. The van der Waals surface area contributed by atoms with Gasteiger partial charge in [-0.05, 0) is 49.8 Å². The smallest absolute Gasteiger partial charge is 0.222 e. The predicted molar refractivity (Wildman–Crippen MR) is 88.3 cm³/mol. The van der Waals surface area contributed by atoms with E-state index >= 15 is 0 Å². The third kappa shape index (κ3) is 3.67. The van der Waals surface area contributed by atoms with Gasteiger partial charge in [0.2, 0.25) is 5.91 Å². The van der Waals surface area contributed by atoms with Crippen LogP contribution in [-0.4, -0.2) is 36.0 Å². The standard InChI is InChI=1S/C17H23BrN2O/c1-12(11-20-8-2-3-17(20)21)19-16-9-14(10-16)13-4-6-15(18)7-5-13/h4-7,12,14,16,19H,2-3,8-11H2,1H3. The molecule has 1 aromatic carbocycles. The number of halogens is 1. The third-order valence-corrected chi connectivity index (χ3v) is 5.19. The molecule has 1 aliphatic carbocycles.